The van der Waals surface area contributed by atoms with Gasteiger partial charge in [-0.15, -0.1) is 12.4 Å². The number of ether oxygens (including phenoxy) is 1. The van der Waals surface area contributed by atoms with E-state index in [0.29, 0.717) is 12.3 Å². The van der Waals surface area contributed by atoms with E-state index in [4.69, 9.17) is 4.74 Å². The topological polar surface area (TPSA) is 128 Å². The average molecular weight is 422 g/mol. The second-order valence-corrected chi connectivity index (χ2v) is 7.90. The van der Waals surface area contributed by atoms with Gasteiger partial charge in [-0.3, -0.25) is 10.1 Å². The van der Waals surface area contributed by atoms with E-state index in [9.17, 15) is 23.3 Å². The van der Waals surface area contributed by atoms with Gasteiger partial charge in [-0.2, -0.15) is 0 Å². The van der Waals surface area contributed by atoms with Crippen molar-refractivity contribution in [3.05, 3.63) is 33.4 Å². The van der Waals surface area contributed by atoms with Gasteiger partial charge in [0.1, 0.15) is 0 Å². The molecule has 2 N–H and O–H groups in total. The lowest BCUT2D eigenvalue weighted by Crippen LogP contribution is -2.27. The summed E-state index contributed by atoms with van der Waals surface area (Å²) in [6.45, 7) is 5.07. The molecule has 0 bridgehead atoms. The number of halogens is 1. The van der Waals surface area contributed by atoms with Crippen LogP contribution in [0, 0.1) is 23.0 Å². The minimum absolute atomic E-state index is 0. The summed E-state index contributed by atoms with van der Waals surface area (Å²) in [6.07, 6.45) is 1.66. The van der Waals surface area contributed by atoms with Crippen molar-refractivity contribution in [1.29, 1.82) is 0 Å². The van der Waals surface area contributed by atoms with E-state index in [1.54, 1.807) is 6.92 Å². The number of hydrogen-bond acceptors (Lipinski definition) is 7. The molecule has 9 nitrogen and oxygen atoms in total. The molecule has 1 fully saturated rings. The Kier molecular flexibility index (Phi) is 8.60. The van der Waals surface area contributed by atoms with E-state index < -0.39 is 26.6 Å². The molecule has 0 amide bonds. The Morgan fingerprint density at radius 1 is 1.44 bits per heavy atom. The summed E-state index contributed by atoms with van der Waals surface area (Å²) in [5, 5.41) is 14.5. The number of hydrogen-bond donors (Lipinski definition) is 2. The fourth-order valence-corrected chi connectivity index (χ4v) is 3.97. The number of benzene rings is 1. The number of carbonyl (C=O) groups is 1. The molecule has 0 aliphatic carbocycles. The second kappa shape index (κ2) is 9.98. The maximum Gasteiger partial charge on any atom is 0.338 e. The zero-order chi connectivity index (χ0) is 19.3. The van der Waals surface area contributed by atoms with Crippen LogP contribution in [0.2, 0.25) is 0 Å². The summed E-state index contributed by atoms with van der Waals surface area (Å²) in [4.78, 5) is 22.3. The highest BCUT2D eigenvalue weighted by Gasteiger charge is 2.26. The van der Waals surface area contributed by atoms with E-state index in [-0.39, 0.29) is 41.6 Å². The van der Waals surface area contributed by atoms with Gasteiger partial charge in [-0.1, -0.05) is 0 Å². The quantitative estimate of drug-likeness (QED) is 0.372. The minimum atomic E-state index is -3.98. The molecule has 1 saturated heterocycles. The molecular weight excluding hydrogens is 398 g/mol. The highest BCUT2D eigenvalue weighted by Crippen LogP contribution is 2.27. The Balaban J connectivity index is 0.00000364. The van der Waals surface area contributed by atoms with Crippen LogP contribution < -0.4 is 10.0 Å². The van der Waals surface area contributed by atoms with Crippen LogP contribution in [-0.4, -0.2) is 45.6 Å². The van der Waals surface area contributed by atoms with Gasteiger partial charge in [0.05, 0.1) is 22.0 Å². The SMILES string of the molecule is CCOC(=O)c1cc(S(=O)(=O)NCCC2CCNC2)cc([N+](=O)[O-])c1C.Cl. The number of rotatable bonds is 8. The van der Waals surface area contributed by atoms with Crippen LogP contribution in [0.4, 0.5) is 5.69 Å². The molecule has 0 spiro atoms. The lowest BCUT2D eigenvalue weighted by molar-refractivity contribution is -0.385. The summed E-state index contributed by atoms with van der Waals surface area (Å²) in [7, 11) is -3.98. The summed E-state index contributed by atoms with van der Waals surface area (Å²) < 4.78 is 32.4. The molecular formula is C16H24ClN3O6S. The summed E-state index contributed by atoms with van der Waals surface area (Å²) in [5.74, 6) is -0.387. The number of carbonyl (C=O) groups excluding carboxylic acids is 1. The normalized spacial score (nSPS) is 16.6. The number of nitro groups is 1. The average Bonchev–Trinajstić information content (AvgIpc) is 3.08. The Bertz CT molecular complexity index is 794. The minimum Gasteiger partial charge on any atom is -0.462 e. The Morgan fingerprint density at radius 3 is 2.70 bits per heavy atom. The van der Waals surface area contributed by atoms with Crippen LogP contribution in [0.1, 0.15) is 35.7 Å². The first-order chi connectivity index (χ1) is 12.3. The van der Waals surface area contributed by atoms with Crippen molar-refractivity contribution in [2.24, 2.45) is 5.92 Å². The molecule has 0 aromatic heterocycles. The largest absolute Gasteiger partial charge is 0.462 e. The van der Waals surface area contributed by atoms with Crippen molar-refractivity contribution in [3.63, 3.8) is 0 Å². The maximum atomic E-state index is 12.5. The van der Waals surface area contributed by atoms with Gasteiger partial charge in [-0.25, -0.2) is 17.9 Å². The smallest absolute Gasteiger partial charge is 0.338 e. The number of nitrogens with zero attached hydrogens (tertiary/aromatic N) is 1. The van der Waals surface area contributed by atoms with Gasteiger partial charge in [0.25, 0.3) is 5.69 Å². The molecule has 11 heteroatoms. The van der Waals surface area contributed by atoms with E-state index in [0.717, 1.165) is 31.6 Å². The van der Waals surface area contributed by atoms with Gasteiger partial charge in [0, 0.05) is 18.2 Å². The molecule has 1 unspecified atom stereocenters. The third kappa shape index (κ3) is 5.86. The number of nitro benzene ring substituents is 1. The monoisotopic (exact) mass is 421 g/mol. The Morgan fingerprint density at radius 2 is 2.15 bits per heavy atom. The van der Waals surface area contributed by atoms with E-state index in [1.807, 2.05) is 0 Å². The zero-order valence-corrected chi connectivity index (χ0v) is 16.8. The van der Waals surface area contributed by atoms with E-state index in [2.05, 4.69) is 10.0 Å². The maximum absolute atomic E-state index is 12.5. The molecule has 1 aliphatic heterocycles. The summed E-state index contributed by atoms with van der Waals surface area (Å²) in [5.41, 5.74) is -0.484. The Labute approximate surface area is 164 Å². The third-order valence-corrected chi connectivity index (χ3v) is 5.80. The van der Waals surface area contributed by atoms with Crippen molar-refractivity contribution in [2.75, 3.05) is 26.2 Å². The first-order valence-corrected chi connectivity index (χ1v) is 9.91. The summed E-state index contributed by atoms with van der Waals surface area (Å²) in [6, 6.07) is 2.09. The fourth-order valence-electron chi connectivity index (χ4n) is 2.88. The molecule has 1 aromatic carbocycles. The molecule has 2 rings (SSSR count). The Hall–Kier alpha value is -1.75. The van der Waals surface area contributed by atoms with E-state index >= 15 is 0 Å². The number of sulfonamides is 1. The van der Waals surface area contributed by atoms with Gasteiger partial charge in [-0.05, 0) is 51.8 Å². The molecule has 1 heterocycles. The first-order valence-electron chi connectivity index (χ1n) is 8.42. The van der Waals surface area contributed by atoms with Crippen LogP contribution in [0.3, 0.4) is 0 Å². The first kappa shape index (κ1) is 23.3. The van der Waals surface area contributed by atoms with Crippen molar-refractivity contribution in [2.45, 2.75) is 31.6 Å². The van der Waals surface area contributed by atoms with Crippen LogP contribution in [0.15, 0.2) is 17.0 Å². The molecule has 0 radical (unpaired) electrons. The van der Waals surface area contributed by atoms with Crippen molar-refractivity contribution in [3.8, 4) is 0 Å². The van der Waals surface area contributed by atoms with Crippen LogP contribution in [0.25, 0.3) is 0 Å². The predicted octanol–water partition coefficient (Wildman–Crippen LogP) is 1.78. The molecule has 1 aliphatic rings. The lowest BCUT2D eigenvalue weighted by Gasteiger charge is -2.12. The molecule has 1 atom stereocenters. The number of nitrogens with one attached hydrogen (secondary N) is 2. The van der Waals surface area contributed by atoms with Gasteiger partial charge in [0.15, 0.2) is 0 Å². The third-order valence-electron chi connectivity index (χ3n) is 4.36. The molecule has 152 valence electrons. The van der Waals surface area contributed by atoms with Gasteiger partial charge in [0.2, 0.25) is 10.0 Å². The molecule has 1 aromatic rings. The van der Waals surface area contributed by atoms with Gasteiger partial charge < -0.3 is 10.1 Å². The fraction of sp³-hybridized carbons (Fsp3) is 0.562. The highest BCUT2D eigenvalue weighted by molar-refractivity contribution is 7.89. The van der Waals surface area contributed by atoms with Crippen LogP contribution >= 0.6 is 12.4 Å². The zero-order valence-electron chi connectivity index (χ0n) is 15.2. The highest BCUT2D eigenvalue weighted by atomic mass is 35.5. The van der Waals surface area contributed by atoms with Gasteiger partial charge >= 0.3 is 5.97 Å². The predicted molar refractivity (Wildman–Crippen MR) is 102 cm³/mol. The standard InChI is InChI=1S/C16H23N3O6S.ClH/c1-3-25-16(20)14-8-13(9-15(11(14)2)19(21)22)26(23,24)18-7-5-12-4-6-17-10-12;/h8-9,12,17-18H,3-7,10H2,1-2H3;1H. The van der Waals surface area contributed by atoms with Crippen molar-refractivity contribution >= 4 is 34.1 Å². The summed E-state index contributed by atoms with van der Waals surface area (Å²) >= 11 is 0. The van der Waals surface area contributed by atoms with E-state index in [1.165, 1.54) is 6.92 Å². The van der Waals surface area contributed by atoms with Crippen molar-refractivity contribution in [1.82, 2.24) is 10.0 Å². The number of esters is 1. The molecule has 0 saturated carbocycles. The molecule has 27 heavy (non-hydrogen) atoms. The lowest BCUT2D eigenvalue weighted by atomic mass is 10.1. The van der Waals surface area contributed by atoms with Crippen molar-refractivity contribution < 1.29 is 22.9 Å². The van der Waals surface area contributed by atoms with Crippen LogP contribution in [-0.2, 0) is 14.8 Å². The van der Waals surface area contributed by atoms with Crippen LogP contribution in [0.5, 0.6) is 0 Å². The second-order valence-electron chi connectivity index (χ2n) is 6.14.